The second kappa shape index (κ2) is 4.47. The molecule has 0 aromatic carbocycles. The van der Waals surface area contributed by atoms with Gasteiger partial charge in [-0.15, -0.1) is 0 Å². The summed E-state index contributed by atoms with van der Waals surface area (Å²) in [6.07, 6.45) is 7.94. The average molecular weight is 264 g/mol. The van der Waals surface area contributed by atoms with Crippen LogP contribution in [0.3, 0.4) is 0 Å². The summed E-state index contributed by atoms with van der Waals surface area (Å²) in [6, 6.07) is -0.0924. The maximum atomic E-state index is 12.6. The fraction of sp³-hybridized carbons (Fsp3) is 0.938. The van der Waals surface area contributed by atoms with Gasteiger partial charge in [-0.2, -0.15) is 0 Å². The first-order chi connectivity index (χ1) is 8.91. The largest absolute Gasteiger partial charge is 0.333 e. The molecule has 4 aliphatic carbocycles. The second-order valence-electron chi connectivity index (χ2n) is 7.73. The minimum atomic E-state index is -0.365. The Morgan fingerprint density at radius 3 is 1.79 bits per heavy atom. The van der Waals surface area contributed by atoms with Gasteiger partial charge in [0, 0.05) is 11.6 Å². The third-order valence-corrected chi connectivity index (χ3v) is 5.66. The highest BCUT2D eigenvalue weighted by atomic mass is 16.2. The zero-order valence-corrected chi connectivity index (χ0v) is 12.6. The Labute approximate surface area is 116 Å². The molecule has 4 rings (SSSR count). The van der Waals surface area contributed by atoms with Gasteiger partial charge in [-0.25, -0.2) is 0 Å². The predicted octanol–water partition coefficient (Wildman–Crippen LogP) is 2.54. The van der Waals surface area contributed by atoms with Crippen molar-refractivity contribution >= 4 is 5.91 Å². The lowest BCUT2D eigenvalue weighted by Gasteiger charge is -2.61. The van der Waals surface area contributed by atoms with Crippen LogP contribution in [0, 0.1) is 17.8 Å². The highest BCUT2D eigenvalue weighted by Gasteiger charge is 2.55. The van der Waals surface area contributed by atoms with Crippen molar-refractivity contribution in [1.82, 2.24) is 4.90 Å². The molecule has 108 valence electrons. The number of hydrogen-bond acceptors (Lipinski definition) is 2. The number of rotatable bonds is 3. The summed E-state index contributed by atoms with van der Waals surface area (Å²) in [7, 11) is 0. The Hall–Kier alpha value is -0.570. The van der Waals surface area contributed by atoms with Crippen LogP contribution < -0.4 is 5.73 Å². The van der Waals surface area contributed by atoms with Crippen molar-refractivity contribution < 1.29 is 4.79 Å². The van der Waals surface area contributed by atoms with Crippen LogP contribution in [0.1, 0.15) is 59.3 Å². The van der Waals surface area contributed by atoms with E-state index in [4.69, 9.17) is 5.73 Å². The zero-order valence-electron chi connectivity index (χ0n) is 12.6. The molecule has 3 nitrogen and oxygen atoms in total. The first-order valence-corrected chi connectivity index (χ1v) is 8.00. The molecule has 0 spiro atoms. The topological polar surface area (TPSA) is 46.3 Å². The lowest BCUT2D eigenvalue weighted by Crippen LogP contribution is -2.65. The maximum Gasteiger partial charge on any atom is 0.239 e. The second-order valence-corrected chi connectivity index (χ2v) is 7.73. The Morgan fingerprint density at radius 1 is 1.05 bits per heavy atom. The molecule has 1 atom stereocenters. The fourth-order valence-electron chi connectivity index (χ4n) is 5.62. The van der Waals surface area contributed by atoms with Gasteiger partial charge in [-0.3, -0.25) is 4.79 Å². The van der Waals surface area contributed by atoms with Gasteiger partial charge in [0.25, 0.3) is 0 Å². The summed E-state index contributed by atoms with van der Waals surface area (Å²) >= 11 is 0. The van der Waals surface area contributed by atoms with Crippen LogP contribution in [0.4, 0.5) is 0 Å². The molecule has 4 aliphatic rings. The van der Waals surface area contributed by atoms with E-state index in [0.29, 0.717) is 0 Å². The lowest BCUT2D eigenvalue weighted by molar-refractivity contribution is -0.156. The van der Waals surface area contributed by atoms with Crippen LogP contribution in [-0.4, -0.2) is 28.4 Å². The molecule has 4 saturated carbocycles. The fourth-order valence-corrected chi connectivity index (χ4v) is 5.62. The van der Waals surface area contributed by atoms with Gasteiger partial charge in [0.05, 0.1) is 6.04 Å². The molecule has 0 aromatic heterocycles. The highest BCUT2D eigenvalue weighted by molar-refractivity contribution is 5.82. The van der Waals surface area contributed by atoms with Crippen molar-refractivity contribution in [2.24, 2.45) is 23.5 Å². The van der Waals surface area contributed by atoms with Crippen LogP contribution in [-0.2, 0) is 4.79 Å². The van der Waals surface area contributed by atoms with Crippen molar-refractivity contribution in [2.75, 3.05) is 0 Å². The summed E-state index contributed by atoms with van der Waals surface area (Å²) in [4.78, 5) is 14.8. The van der Waals surface area contributed by atoms with E-state index in [0.717, 1.165) is 17.8 Å². The number of amides is 1. The van der Waals surface area contributed by atoms with E-state index in [-0.39, 0.29) is 23.5 Å². The summed E-state index contributed by atoms with van der Waals surface area (Å²) in [5, 5.41) is 0. The third-order valence-electron chi connectivity index (χ3n) is 5.66. The lowest BCUT2D eigenvalue weighted by atomic mass is 9.52. The minimum Gasteiger partial charge on any atom is -0.333 e. The van der Waals surface area contributed by atoms with E-state index in [1.54, 1.807) is 0 Å². The van der Waals surface area contributed by atoms with E-state index < -0.39 is 0 Å². The molecule has 4 bridgehead atoms. The van der Waals surface area contributed by atoms with Gasteiger partial charge >= 0.3 is 0 Å². The summed E-state index contributed by atoms with van der Waals surface area (Å²) < 4.78 is 0. The number of hydrogen-bond donors (Lipinski definition) is 1. The monoisotopic (exact) mass is 264 g/mol. The van der Waals surface area contributed by atoms with Gasteiger partial charge < -0.3 is 10.6 Å². The van der Waals surface area contributed by atoms with Gasteiger partial charge in [-0.1, -0.05) is 0 Å². The van der Waals surface area contributed by atoms with E-state index in [2.05, 4.69) is 18.7 Å². The van der Waals surface area contributed by atoms with Gasteiger partial charge in [0.15, 0.2) is 0 Å². The molecule has 2 N–H and O–H groups in total. The summed E-state index contributed by atoms with van der Waals surface area (Å²) in [6.45, 7) is 6.13. The van der Waals surface area contributed by atoms with Crippen LogP contribution in [0.5, 0.6) is 0 Å². The van der Waals surface area contributed by atoms with Crippen LogP contribution in [0.25, 0.3) is 0 Å². The maximum absolute atomic E-state index is 12.6. The van der Waals surface area contributed by atoms with Gasteiger partial charge in [0.1, 0.15) is 0 Å². The van der Waals surface area contributed by atoms with Crippen LogP contribution >= 0.6 is 0 Å². The summed E-state index contributed by atoms with van der Waals surface area (Å²) in [5.41, 5.74) is 6.05. The van der Waals surface area contributed by atoms with E-state index >= 15 is 0 Å². The quantitative estimate of drug-likeness (QED) is 0.851. The molecule has 1 unspecified atom stereocenters. The van der Waals surface area contributed by atoms with Gasteiger partial charge in [0.2, 0.25) is 5.91 Å². The average Bonchev–Trinajstić information content (AvgIpc) is 2.25. The summed E-state index contributed by atoms with van der Waals surface area (Å²) in [5.74, 6) is 2.77. The van der Waals surface area contributed by atoms with Crippen molar-refractivity contribution in [3.63, 3.8) is 0 Å². The molecular formula is C16H28N2O. The Balaban J connectivity index is 1.91. The molecular weight excluding hydrogens is 236 g/mol. The van der Waals surface area contributed by atoms with Crippen molar-refractivity contribution in [2.45, 2.75) is 76.9 Å². The first-order valence-electron chi connectivity index (χ1n) is 8.00. The molecule has 0 radical (unpaired) electrons. The van der Waals surface area contributed by atoms with Crippen LogP contribution in [0.2, 0.25) is 0 Å². The Bertz CT molecular complexity index is 340. The van der Waals surface area contributed by atoms with Gasteiger partial charge in [-0.05, 0) is 77.0 Å². The normalized spacial score (nSPS) is 41.6. The minimum absolute atomic E-state index is 0.146. The van der Waals surface area contributed by atoms with E-state index in [1.165, 1.54) is 38.5 Å². The third kappa shape index (κ3) is 2.10. The number of nitrogens with zero attached hydrogens (tertiary/aromatic N) is 1. The molecule has 4 fully saturated rings. The number of carbonyl (C=O) groups excluding carboxylic acids is 1. The SMILES string of the molecule is CC(N)C(=O)N(C(C)C)C12CC3CC(CC(C3)C1)C2. The van der Waals surface area contributed by atoms with Crippen molar-refractivity contribution in [3.05, 3.63) is 0 Å². The Morgan fingerprint density at radius 2 is 1.47 bits per heavy atom. The molecule has 1 amide bonds. The smallest absolute Gasteiger partial charge is 0.239 e. The number of carbonyl (C=O) groups is 1. The first kappa shape index (κ1) is 13.4. The van der Waals surface area contributed by atoms with Crippen molar-refractivity contribution in [3.8, 4) is 0 Å². The molecule has 0 saturated heterocycles. The molecule has 19 heavy (non-hydrogen) atoms. The van der Waals surface area contributed by atoms with Crippen LogP contribution in [0.15, 0.2) is 0 Å². The predicted molar refractivity (Wildman–Crippen MR) is 76.5 cm³/mol. The highest BCUT2D eigenvalue weighted by Crippen LogP contribution is 2.58. The van der Waals surface area contributed by atoms with E-state index in [9.17, 15) is 4.79 Å². The number of nitrogens with two attached hydrogens (primary N) is 1. The molecule has 0 aliphatic heterocycles. The molecule has 0 aromatic rings. The molecule has 0 heterocycles. The van der Waals surface area contributed by atoms with E-state index in [1.807, 2.05) is 6.92 Å². The Kier molecular flexibility index (Phi) is 3.16. The van der Waals surface area contributed by atoms with Crippen molar-refractivity contribution in [1.29, 1.82) is 0 Å². The standard InChI is InChI=1S/C16H28N2O/c1-10(2)18(15(19)11(3)17)16-7-12-4-13(8-16)6-14(5-12)9-16/h10-14H,4-9,17H2,1-3H3. The zero-order chi connectivity index (χ0) is 13.8. The molecule has 3 heteroatoms.